The van der Waals surface area contributed by atoms with Gasteiger partial charge in [-0.25, -0.2) is 0 Å². The Morgan fingerprint density at radius 3 is 3.13 bits per heavy atom. The van der Waals surface area contributed by atoms with E-state index in [1.165, 1.54) is 0 Å². The second kappa shape index (κ2) is 4.61. The number of epoxide rings is 1. The first kappa shape index (κ1) is 11.1. The van der Waals surface area contributed by atoms with E-state index in [2.05, 4.69) is 6.58 Å². The maximum atomic E-state index is 9.69. The van der Waals surface area contributed by atoms with Crippen LogP contribution >= 0.6 is 0 Å². The van der Waals surface area contributed by atoms with Crippen LogP contribution in [0.4, 0.5) is 0 Å². The van der Waals surface area contributed by atoms with E-state index in [0.717, 1.165) is 12.8 Å². The van der Waals surface area contributed by atoms with Gasteiger partial charge >= 0.3 is 0 Å². The zero-order valence-electron chi connectivity index (χ0n) is 8.96. The summed E-state index contributed by atoms with van der Waals surface area (Å²) in [7, 11) is 0. The lowest BCUT2D eigenvalue weighted by molar-refractivity contribution is -0.238. The largest absolute Gasteiger partial charge is 0.388 e. The molecule has 0 aromatic carbocycles. The lowest BCUT2D eigenvalue weighted by Crippen LogP contribution is -2.40. The van der Waals surface area contributed by atoms with Crippen molar-refractivity contribution < 1.29 is 19.3 Å². The van der Waals surface area contributed by atoms with Gasteiger partial charge in [0.1, 0.15) is 12.2 Å². The van der Waals surface area contributed by atoms with E-state index in [1.807, 2.05) is 13.0 Å². The molecule has 2 rings (SSSR count). The number of hydrogen-bond acceptors (Lipinski definition) is 4. The van der Waals surface area contributed by atoms with E-state index in [1.54, 1.807) is 0 Å². The van der Waals surface area contributed by atoms with Crippen LogP contribution in [0.2, 0.25) is 0 Å². The maximum Gasteiger partial charge on any atom is 0.187 e. The third-order valence-corrected chi connectivity index (χ3v) is 2.74. The number of ether oxygens (including phenoxy) is 3. The van der Waals surface area contributed by atoms with Crippen molar-refractivity contribution in [3.63, 3.8) is 0 Å². The predicted octanol–water partition coefficient (Wildman–Crippen LogP) is 1.19. The smallest absolute Gasteiger partial charge is 0.187 e. The van der Waals surface area contributed by atoms with Crippen LogP contribution in [0.1, 0.15) is 26.2 Å². The van der Waals surface area contributed by atoms with Gasteiger partial charge in [-0.1, -0.05) is 6.08 Å². The molecule has 1 N–H and O–H groups in total. The Kier molecular flexibility index (Phi) is 3.41. The molecule has 4 nitrogen and oxygen atoms in total. The molecular weight excluding hydrogens is 196 g/mol. The molecule has 0 aromatic rings. The minimum Gasteiger partial charge on any atom is -0.388 e. The molecule has 0 bridgehead atoms. The molecule has 4 heteroatoms. The van der Waals surface area contributed by atoms with E-state index in [-0.39, 0.29) is 18.5 Å². The van der Waals surface area contributed by atoms with Gasteiger partial charge in [0.15, 0.2) is 12.6 Å². The first-order valence-electron chi connectivity index (χ1n) is 5.46. The second-order valence-electron chi connectivity index (χ2n) is 4.16. The first-order chi connectivity index (χ1) is 7.20. The highest BCUT2D eigenvalue weighted by molar-refractivity contribution is 4.87. The average molecular weight is 214 g/mol. The summed E-state index contributed by atoms with van der Waals surface area (Å²) in [6.07, 6.45) is 3.18. The Balaban J connectivity index is 1.74. The highest BCUT2D eigenvalue weighted by atomic mass is 16.8. The van der Waals surface area contributed by atoms with E-state index in [4.69, 9.17) is 14.2 Å². The van der Waals surface area contributed by atoms with Gasteiger partial charge in [0, 0.05) is 6.42 Å². The molecule has 2 aliphatic heterocycles. The van der Waals surface area contributed by atoms with E-state index in [0.29, 0.717) is 6.42 Å². The van der Waals surface area contributed by atoms with Crippen molar-refractivity contribution in [1.82, 2.24) is 0 Å². The van der Waals surface area contributed by atoms with Gasteiger partial charge in [-0.2, -0.15) is 0 Å². The van der Waals surface area contributed by atoms with Crippen molar-refractivity contribution in [2.75, 3.05) is 0 Å². The van der Waals surface area contributed by atoms with Crippen LogP contribution in [0.25, 0.3) is 0 Å². The topological polar surface area (TPSA) is 51.2 Å². The minimum absolute atomic E-state index is 0.0675. The van der Waals surface area contributed by atoms with Crippen molar-refractivity contribution in [3.8, 4) is 0 Å². The molecule has 86 valence electrons. The van der Waals surface area contributed by atoms with Crippen LogP contribution in [0, 0.1) is 0 Å². The number of fused-ring (bicyclic) bond motifs is 1. The van der Waals surface area contributed by atoms with E-state index < -0.39 is 12.4 Å². The van der Waals surface area contributed by atoms with E-state index in [9.17, 15) is 5.11 Å². The summed E-state index contributed by atoms with van der Waals surface area (Å²) in [6, 6.07) is 0. The van der Waals surface area contributed by atoms with Crippen LogP contribution in [-0.2, 0) is 14.2 Å². The molecular formula is C11H18O4. The lowest BCUT2D eigenvalue weighted by Gasteiger charge is -2.28. The number of hydrogen-bond donors (Lipinski definition) is 1. The number of allylic oxidation sites excluding steroid dienone is 1. The Bertz CT molecular complexity index is 231. The van der Waals surface area contributed by atoms with Crippen LogP contribution in [0.5, 0.6) is 0 Å². The fourth-order valence-corrected chi connectivity index (χ4v) is 1.76. The fourth-order valence-electron chi connectivity index (χ4n) is 1.76. The van der Waals surface area contributed by atoms with Crippen molar-refractivity contribution in [2.45, 2.75) is 57.1 Å². The number of aliphatic hydroxyl groups is 1. The monoisotopic (exact) mass is 214 g/mol. The summed E-state index contributed by atoms with van der Waals surface area (Å²) in [5, 5.41) is 9.69. The van der Waals surface area contributed by atoms with Gasteiger partial charge < -0.3 is 19.3 Å². The highest BCUT2D eigenvalue weighted by Gasteiger charge is 2.50. The minimum atomic E-state index is -0.570. The molecule has 2 heterocycles. The highest BCUT2D eigenvalue weighted by Crippen LogP contribution is 2.36. The Labute approximate surface area is 89.8 Å². The van der Waals surface area contributed by atoms with Gasteiger partial charge in [-0.3, -0.25) is 0 Å². The number of rotatable bonds is 5. The van der Waals surface area contributed by atoms with Crippen LogP contribution < -0.4 is 0 Å². The lowest BCUT2D eigenvalue weighted by atomic mass is 10.1. The standard InChI is InChI=1S/C11H18O4/c1-3-4-5-7(2)13-10-8(12)6-9-11(14-9)15-10/h3,7-12H,1,4-6H2,2H3. The number of aliphatic hydroxyl groups excluding tert-OH is 1. The molecule has 0 radical (unpaired) electrons. The molecule has 0 spiro atoms. The summed E-state index contributed by atoms with van der Waals surface area (Å²) in [5.41, 5.74) is 0. The Hall–Kier alpha value is -0.420. The van der Waals surface area contributed by atoms with Crippen molar-refractivity contribution >= 4 is 0 Å². The summed E-state index contributed by atoms with van der Waals surface area (Å²) in [5.74, 6) is 0. The molecule has 5 atom stereocenters. The molecule has 0 aliphatic carbocycles. The van der Waals surface area contributed by atoms with E-state index >= 15 is 0 Å². The van der Waals surface area contributed by atoms with Crippen molar-refractivity contribution in [2.24, 2.45) is 0 Å². The second-order valence-corrected chi connectivity index (χ2v) is 4.16. The van der Waals surface area contributed by atoms with Gasteiger partial charge in [-0.05, 0) is 19.8 Å². The average Bonchev–Trinajstić information content (AvgIpc) is 2.93. The molecule has 0 aromatic heterocycles. The zero-order valence-corrected chi connectivity index (χ0v) is 8.96. The first-order valence-corrected chi connectivity index (χ1v) is 5.46. The zero-order chi connectivity index (χ0) is 10.8. The third-order valence-electron chi connectivity index (χ3n) is 2.74. The molecule has 2 fully saturated rings. The van der Waals surface area contributed by atoms with Gasteiger partial charge in [-0.15, -0.1) is 6.58 Å². The molecule has 5 unspecified atom stereocenters. The van der Waals surface area contributed by atoms with Crippen LogP contribution in [0.15, 0.2) is 12.7 Å². The van der Waals surface area contributed by atoms with Crippen molar-refractivity contribution in [3.05, 3.63) is 12.7 Å². The molecule has 0 amide bonds. The van der Waals surface area contributed by atoms with Gasteiger partial charge in [0.05, 0.1) is 6.10 Å². The van der Waals surface area contributed by atoms with Gasteiger partial charge in [0.2, 0.25) is 0 Å². The van der Waals surface area contributed by atoms with Crippen LogP contribution in [-0.4, -0.2) is 36.0 Å². The predicted molar refractivity (Wildman–Crippen MR) is 54.1 cm³/mol. The van der Waals surface area contributed by atoms with Gasteiger partial charge in [0.25, 0.3) is 0 Å². The quantitative estimate of drug-likeness (QED) is 0.551. The SMILES string of the molecule is C=CCCC(C)OC1OC2OC2CC1O. The Morgan fingerprint density at radius 1 is 1.60 bits per heavy atom. The Morgan fingerprint density at radius 2 is 2.40 bits per heavy atom. The maximum absolute atomic E-state index is 9.69. The molecule has 2 saturated heterocycles. The molecule has 2 aliphatic rings. The normalized spacial score (nSPS) is 40.7. The fraction of sp³-hybridized carbons (Fsp3) is 0.818. The van der Waals surface area contributed by atoms with Crippen molar-refractivity contribution in [1.29, 1.82) is 0 Å². The third kappa shape index (κ3) is 2.78. The summed E-state index contributed by atoms with van der Waals surface area (Å²) >= 11 is 0. The summed E-state index contributed by atoms with van der Waals surface area (Å²) in [4.78, 5) is 0. The molecule has 0 saturated carbocycles. The van der Waals surface area contributed by atoms with Crippen LogP contribution in [0.3, 0.4) is 0 Å². The summed E-state index contributed by atoms with van der Waals surface area (Å²) < 4.78 is 16.2. The summed E-state index contributed by atoms with van der Waals surface area (Å²) in [6.45, 7) is 5.63. The molecule has 15 heavy (non-hydrogen) atoms.